The van der Waals surface area contributed by atoms with Gasteiger partial charge in [0.05, 0.1) is 0 Å². The number of amidine groups is 2. The van der Waals surface area contributed by atoms with Crippen LogP contribution < -0.4 is 9.47 Å². The predicted octanol–water partition coefficient (Wildman–Crippen LogP) is 5.02. The van der Waals surface area contributed by atoms with Crippen molar-refractivity contribution >= 4 is 29.4 Å². The summed E-state index contributed by atoms with van der Waals surface area (Å²) in [5, 5.41) is 35.8. The number of ether oxygens (including phenoxy) is 2. The summed E-state index contributed by atoms with van der Waals surface area (Å²) in [4.78, 5) is 37.9. The van der Waals surface area contributed by atoms with Gasteiger partial charge in [0, 0.05) is 49.7 Å². The van der Waals surface area contributed by atoms with Crippen LogP contribution in [0.2, 0.25) is 0 Å². The predicted molar refractivity (Wildman–Crippen MR) is 151 cm³/mol. The van der Waals surface area contributed by atoms with Gasteiger partial charge in [-0.1, -0.05) is 0 Å². The molecule has 0 spiro atoms. The summed E-state index contributed by atoms with van der Waals surface area (Å²) in [6.07, 6.45) is 2.93. The Balaban J connectivity index is 1.59. The molecule has 218 valence electrons. The van der Waals surface area contributed by atoms with Gasteiger partial charge in [-0.3, -0.25) is 35.6 Å². The topological polar surface area (TPSA) is 168 Å². The summed E-state index contributed by atoms with van der Waals surface area (Å²) in [7, 11) is 0. The van der Waals surface area contributed by atoms with Crippen molar-refractivity contribution in [3.63, 3.8) is 0 Å². The average Bonchev–Trinajstić information content (AvgIpc) is 3.00. The number of rotatable bonds is 7. The minimum atomic E-state index is -0.692. The summed E-state index contributed by atoms with van der Waals surface area (Å²) in [5.41, 5.74) is 0.959. The Kier molecular flexibility index (Phi) is 9.30. The first-order valence-corrected chi connectivity index (χ1v) is 13.2. The number of hydrogen-bond acceptors (Lipinski definition) is 9. The second-order valence-corrected chi connectivity index (χ2v) is 9.66. The average molecular weight is 574 g/mol. The van der Waals surface area contributed by atoms with Crippen LogP contribution in [-0.4, -0.2) is 67.9 Å². The van der Waals surface area contributed by atoms with Crippen molar-refractivity contribution in [3.8, 4) is 23.0 Å². The molecule has 0 aromatic heterocycles. The van der Waals surface area contributed by atoms with E-state index in [1.165, 1.54) is 24.3 Å². The van der Waals surface area contributed by atoms with Crippen molar-refractivity contribution in [2.24, 2.45) is 0 Å². The van der Waals surface area contributed by atoms with Crippen molar-refractivity contribution < 1.29 is 34.3 Å². The fraction of sp³-hybridized carbons (Fsp3) is 0.233. The van der Waals surface area contributed by atoms with Crippen LogP contribution >= 0.6 is 0 Å². The van der Waals surface area contributed by atoms with Gasteiger partial charge in [-0.05, 0) is 79.9 Å². The maximum atomic E-state index is 13.3. The lowest BCUT2D eigenvalue weighted by Gasteiger charge is -2.27. The van der Waals surface area contributed by atoms with Crippen molar-refractivity contribution in [3.05, 3.63) is 83.4 Å². The van der Waals surface area contributed by atoms with Crippen LogP contribution in [0, 0.1) is 10.8 Å². The van der Waals surface area contributed by atoms with Crippen LogP contribution in [0.1, 0.15) is 54.6 Å². The van der Waals surface area contributed by atoms with Crippen LogP contribution in [0.25, 0.3) is 0 Å². The lowest BCUT2D eigenvalue weighted by molar-refractivity contribution is -0.147. The van der Waals surface area contributed by atoms with Crippen molar-refractivity contribution in [1.82, 2.24) is 15.0 Å². The Morgan fingerprint density at radius 1 is 0.643 bits per heavy atom. The van der Waals surface area contributed by atoms with E-state index in [0.717, 1.165) is 33.1 Å². The van der Waals surface area contributed by atoms with Crippen LogP contribution in [0.5, 0.6) is 23.0 Å². The summed E-state index contributed by atoms with van der Waals surface area (Å²) < 4.78 is 12.0. The summed E-state index contributed by atoms with van der Waals surface area (Å²) in [5.74, 6) is -0.899. The van der Waals surface area contributed by atoms with Crippen LogP contribution in [0.4, 0.5) is 0 Å². The molecule has 12 nitrogen and oxygen atoms in total. The number of hydrogen-bond donors (Lipinski definition) is 4. The normalized spacial score (nSPS) is 12.7. The van der Waals surface area contributed by atoms with Crippen LogP contribution in [0.15, 0.2) is 66.7 Å². The van der Waals surface area contributed by atoms with Crippen molar-refractivity contribution in [2.75, 3.05) is 13.1 Å². The number of benzene rings is 3. The lowest BCUT2D eigenvalue weighted by Crippen LogP contribution is -2.35. The molecular weight excluding hydrogens is 542 g/mol. The molecule has 4 rings (SSSR count). The van der Waals surface area contributed by atoms with E-state index in [1.54, 1.807) is 47.4 Å². The number of hydroxylamine groups is 4. The fourth-order valence-corrected chi connectivity index (χ4v) is 4.29. The quantitative estimate of drug-likeness (QED) is 0.133. The highest BCUT2D eigenvalue weighted by Crippen LogP contribution is 2.32. The van der Waals surface area contributed by atoms with E-state index >= 15 is 0 Å². The standard InChI is InChI=1S/C30H31N5O7/c1-19(36)34(39)28(31)21-6-10-24(11-7-21)41-26-16-23(30(38)33-14-4-3-5-15-33)17-27(18-26)42-25-12-8-22(9-13-25)29(32)35(40)20(2)37/h6-13,16-18,31-32,39-40H,3-5,14-15H2,1-2H3. The number of piperidine rings is 1. The third-order valence-corrected chi connectivity index (χ3v) is 6.52. The zero-order valence-electron chi connectivity index (χ0n) is 23.2. The van der Waals surface area contributed by atoms with Crippen LogP contribution in [-0.2, 0) is 9.59 Å². The van der Waals surface area contributed by atoms with Crippen molar-refractivity contribution in [2.45, 2.75) is 33.1 Å². The molecule has 1 heterocycles. The van der Waals surface area contributed by atoms with Gasteiger partial charge in [-0.25, -0.2) is 0 Å². The Hall–Kier alpha value is -5.07. The molecule has 0 radical (unpaired) electrons. The van der Waals surface area contributed by atoms with Gasteiger partial charge in [-0.2, -0.15) is 10.1 Å². The number of carbonyl (C=O) groups is 3. The fourth-order valence-electron chi connectivity index (χ4n) is 4.29. The van der Waals surface area contributed by atoms with E-state index in [4.69, 9.17) is 20.3 Å². The minimum Gasteiger partial charge on any atom is -0.457 e. The molecular formula is C30H31N5O7. The highest BCUT2D eigenvalue weighted by Gasteiger charge is 2.21. The maximum Gasteiger partial charge on any atom is 0.254 e. The van der Waals surface area contributed by atoms with E-state index in [1.807, 2.05) is 0 Å². The largest absolute Gasteiger partial charge is 0.457 e. The number of nitrogens with zero attached hydrogens (tertiary/aromatic N) is 3. The molecule has 4 N–H and O–H groups in total. The van der Waals surface area contributed by atoms with Gasteiger partial charge < -0.3 is 14.4 Å². The van der Waals surface area contributed by atoms with Gasteiger partial charge in [0.2, 0.25) is 11.8 Å². The van der Waals surface area contributed by atoms with E-state index in [2.05, 4.69) is 0 Å². The molecule has 1 fully saturated rings. The zero-order chi connectivity index (χ0) is 30.4. The molecule has 12 heteroatoms. The Morgan fingerprint density at radius 3 is 1.43 bits per heavy atom. The Labute approximate surface area is 242 Å². The Morgan fingerprint density at radius 2 is 1.05 bits per heavy atom. The molecule has 0 saturated carbocycles. The molecule has 0 aliphatic carbocycles. The molecule has 0 atom stereocenters. The molecule has 0 unspecified atom stereocenters. The van der Waals surface area contributed by atoms with Gasteiger partial charge in [0.1, 0.15) is 23.0 Å². The van der Waals surface area contributed by atoms with Gasteiger partial charge in [0.25, 0.3) is 5.91 Å². The van der Waals surface area contributed by atoms with E-state index in [9.17, 15) is 24.8 Å². The maximum absolute atomic E-state index is 13.3. The third-order valence-electron chi connectivity index (χ3n) is 6.52. The number of carbonyl (C=O) groups excluding carboxylic acids is 3. The summed E-state index contributed by atoms with van der Waals surface area (Å²) >= 11 is 0. The van der Waals surface area contributed by atoms with E-state index < -0.39 is 11.8 Å². The number of amides is 3. The van der Waals surface area contributed by atoms with Crippen molar-refractivity contribution in [1.29, 1.82) is 10.8 Å². The monoisotopic (exact) mass is 573 g/mol. The van der Waals surface area contributed by atoms with Gasteiger partial charge in [0.15, 0.2) is 11.7 Å². The molecule has 1 saturated heterocycles. The number of likely N-dealkylation sites (tertiary alicyclic amines) is 1. The molecule has 0 bridgehead atoms. The van der Waals surface area contributed by atoms with Gasteiger partial charge >= 0.3 is 0 Å². The van der Waals surface area contributed by atoms with E-state index in [0.29, 0.717) is 52.8 Å². The van der Waals surface area contributed by atoms with Gasteiger partial charge in [-0.15, -0.1) is 0 Å². The molecule has 1 aliphatic heterocycles. The lowest BCUT2D eigenvalue weighted by atomic mass is 10.1. The minimum absolute atomic E-state index is 0.155. The second kappa shape index (κ2) is 13.1. The highest BCUT2D eigenvalue weighted by molar-refractivity contribution is 6.05. The Bertz CT molecular complexity index is 1400. The third kappa shape index (κ3) is 7.16. The smallest absolute Gasteiger partial charge is 0.254 e. The summed E-state index contributed by atoms with van der Waals surface area (Å²) in [6, 6.07) is 17.2. The van der Waals surface area contributed by atoms with E-state index in [-0.39, 0.29) is 27.7 Å². The molecule has 1 aliphatic rings. The first-order chi connectivity index (χ1) is 20.0. The molecule has 3 aromatic carbocycles. The second-order valence-electron chi connectivity index (χ2n) is 9.66. The SMILES string of the molecule is CC(=O)N(O)C(=N)c1ccc(Oc2cc(Oc3ccc(C(=N)N(O)C(C)=O)cc3)cc(C(=O)N3CCCCC3)c2)cc1. The molecule has 42 heavy (non-hydrogen) atoms. The first kappa shape index (κ1) is 29.9. The molecule has 3 amide bonds. The summed E-state index contributed by atoms with van der Waals surface area (Å²) in [6.45, 7) is 3.59. The number of nitrogens with one attached hydrogen (secondary N) is 2. The zero-order valence-corrected chi connectivity index (χ0v) is 23.2. The van der Waals surface area contributed by atoms with Crippen LogP contribution in [0.3, 0.4) is 0 Å². The molecule has 3 aromatic rings. The highest BCUT2D eigenvalue weighted by atomic mass is 16.5. The first-order valence-electron chi connectivity index (χ1n) is 13.2.